The van der Waals surface area contributed by atoms with Crippen molar-refractivity contribution in [2.24, 2.45) is 7.05 Å². The second kappa shape index (κ2) is 9.60. The van der Waals surface area contributed by atoms with Gasteiger partial charge >= 0.3 is 0 Å². The van der Waals surface area contributed by atoms with Gasteiger partial charge in [0.05, 0.1) is 13.3 Å². The summed E-state index contributed by atoms with van der Waals surface area (Å²) in [5, 5.41) is 9.95. The zero-order valence-electron chi connectivity index (χ0n) is 17.1. The molecule has 2 aromatic carbocycles. The number of benzene rings is 2. The lowest BCUT2D eigenvalue weighted by Crippen LogP contribution is -2.24. The van der Waals surface area contributed by atoms with E-state index in [1.54, 1.807) is 62.7 Å². The molecular weight excluding hydrogens is 384 g/mol. The maximum atomic E-state index is 12.7. The van der Waals surface area contributed by atoms with Crippen LogP contribution < -0.4 is 25.7 Å². The third-order valence-corrected chi connectivity index (χ3v) is 4.32. The lowest BCUT2D eigenvalue weighted by molar-refractivity contribution is 0.0953. The molecule has 0 unspecified atom stereocenters. The molecule has 156 valence electrons. The first-order valence-electron chi connectivity index (χ1n) is 9.55. The van der Waals surface area contributed by atoms with Crippen LogP contribution in [0.1, 0.15) is 23.7 Å². The topological polar surface area (TPSA) is 94.5 Å². The summed E-state index contributed by atoms with van der Waals surface area (Å²) in [7, 11) is 3.13. The van der Waals surface area contributed by atoms with Crippen molar-refractivity contribution in [3.05, 3.63) is 70.6 Å². The number of carbonyl (C=O) groups is 1. The quantitative estimate of drug-likeness (QED) is 0.593. The number of aryl methyl sites for hydroxylation is 1. The molecular formula is C22H24N4O4. The van der Waals surface area contributed by atoms with E-state index in [1.165, 1.54) is 10.9 Å². The van der Waals surface area contributed by atoms with E-state index in [2.05, 4.69) is 15.7 Å². The van der Waals surface area contributed by atoms with Crippen molar-refractivity contribution >= 4 is 17.3 Å². The molecule has 1 heterocycles. The Hall–Kier alpha value is -3.81. The summed E-state index contributed by atoms with van der Waals surface area (Å²) >= 11 is 0. The van der Waals surface area contributed by atoms with E-state index in [9.17, 15) is 9.59 Å². The molecule has 3 aromatic rings. The molecule has 0 aliphatic rings. The summed E-state index contributed by atoms with van der Waals surface area (Å²) in [5.74, 6) is 1.28. The first-order valence-corrected chi connectivity index (χ1v) is 9.55. The molecule has 8 heteroatoms. The van der Waals surface area contributed by atoms with E-state index in [1.807, 2.05) is 6.92 Å². The number of rotatable bonds is 8. The molecule has 1 aromatic heterocycles. The van der Waals surface area contributed by atoms with Crippen LogP contribution in [0.3, 0.4) is 0 Å². The van der Waals surface area contributed by atoms with Crippen LogP contribution in [0, 0.1) is 0 Å². The molecule has 0 saturated heterocycles. The molecule has 1 amide bonds. The highest BCUT2D eigenvalue weighted by Crippen LogP contribution is 2.30. The van der Waals surface area contributed by atoms with Crippen molar-refractivity contribution in [2.45, 2.75) is 13.3 Å². The third kappa shape index (κ3) is 4.96. The number of anilines is 2. The van der Waals surface area contributed by atoms with E-state index < -0.39 is 0 Å². The van der Waals surface area contributed by atoms with Gasteiger partial charge in [0.1, 0.15) is 11.5 Å². The second-order valence-corrected chi connectivity index (χ2v) is 6.55. The smallest absolute Gasteiger partial charge is 0.294 e. The molecule has 0 spiro atoms. The number of aromatic nitrogens is 2. The van der Waals surface area contributed by atoms with E-state index in [4.69, 9.17) is 9.47 Å². The molecule has 3 rings (SSSR count). The summed E-state index contributed by atoms with van der Waals surface area (Å²) in [6.07, 6.45) is 2.34. The van der Waals surface area contributed by atoms with Gasteiger partial charge in [0.15, 0.2) is 11.4 Å². The van der Waals surface area contributed by atoms with E-state index >= 15 is 0 Å². The fourth-order valence-electron chi connectivity index (χ4n) is 2.70. The minimum Gasteiger partial charge on any atom is -0.497 e. The van der Waals surface area contributed by atoms with Gasteiger partial charge in [-0.3, -0.25) is 9.59 Å². The minimum atomic E-state index is -0.347. The van der Waals surface area contributed by atoms with Crippen molar-refractivity contribution in [1.29, 1.82) is 0 Å². The van der Waals surface area contributed by atoms with E-state index in [0.29, 0.717) is 29.3 Å². The number of amides is 1. The van der Waals surface area contributed by atoms with Gasteiger partial charge in [0.25, 0.3) is 11.5 Å². The Balaban J connectivity index is 1.85. The van der Waals surface area contributed by atoms with Crippen LogP contribution in [-0.4, -0.2) is 29.3 Å². The van der Waals surface area contributed by atoms with Crippen LogP contribution in [0.2, 0.25) is 0 Å². The van der Waals surface area contributed by atoms with Gasteiger partial charge in [-0.2, -0.15) is 5.10 Å². The molecule has 0 radical (unpaired) electrons. The number of hydrogen-bond acceptors (Lipinski definition) is 6. The molecule has 0 saturated carbocycles. The van der Waals surface area contributed by atoms with E-state index in [0.717, 1.165) is 6.42 Å². The number of ether oxygens (including phenoxy) is 2. The highest BCUT2D eigenvalue weighted by atomic mass is 16.5. The fourth-order valence-corrected chi connectivity index (χ4v) is 2.70. The predicted molar refractivity (Wildman–Crippen MR) is 115 cm³/mol. The largest absolute Gasteiger partial charge is 0.497 e. The molecule has 2 N–H and O–H groups in total. The van der Waals surface area contributed by atoms with Gasteiger partial charge in [-0.15, -0.1) is 0 Å². The van der Waals surface area contributed by atoms with Crippen molar-refractivity contribution in [1.82, 2.24) is 15.1 Å². The van der Waals surface area contributed by atoms with Crippen LogP contribution >= 0.6 is 0 Å². The Morgan fingerprint density at radius 1 is 1.13 bits per heavy atom. The number of methoxy groups -OCH3 is 1. The molecule has 0 aliphatic heterocycles. The van der Waals surface area contributed by atoms with Crippen LogP contribution in [0.4, 0.5) is 11.4 Å². The van der Waals surface area contributed by atoms with Crippen molar-refractivity contribution < 1.29 is 14.3 Å². The number of hydrogen-bond donors (Lipinski definition) is 2. The Morgan fingerprint density at radius 2 is 1.87 bits per heavy atom. The van der Waals surface area contributed by atoms with Gasteiger partial charge in [-0.05, 0) is 42.8 Å². The van der Waals surface area contributed by atoms with Crippen LogP contribution in [0.15, 0.2) is 59.5 Å². The van der Waals surface area contributed by atoms with Crippen molar-refractivity contribution in [3.63, 3.8) is 0 Å². The monoisotopic (exact) mass is 408 g/mol. The maximum Gasteiger partial charge on any atom is 0.294 e. The highest BCUT2D eigenvalue weighted by molar-refractivity contribution is 5.94. The molecule has 0 aliphatic carbocycles. The predicted octanol–water partition coefficient (Wildman–Crippen LogP) is 3.46. The average Bonchev–Trinajstić information content (AvgIpc) is 2.77. The summed E-state index contributed by atoms with van der Waals surface area (Å²) in [6.45, 7) is 2.62. The van der Waals surface area contributed by atoms with Gasteiger partial charge < -0.3 is 20.1 Å². The minimum absolute atomic E-state index is 0.134. The number of nitrogens with one attached hydrogen (secondary N) is 2. The normalized spacial score (nSPS) is 10.4. The lowest BCUT2D eigenvalue weighted by atomic mass is 10.2. The molecule has 0 bridgehead atoms. The Kier molecular flexibility index (Phi) is 6.69. The fraction of sp³-hybridized carbons (Fsp3) is 0.227. The SMILES string of the molecule is CCCNC(=O)c1ccc(Nc2c(Oc3cccc(OC)c3)cnn(C)c2=O)cc1. The van der Waals surface area contributed by atoms with Gasteiger partial charge in [0, 0.05) is 30.9 Å². The first-order chi connectivity index (χ1) is 14.5. The molecule has 30 heavy (non-hydrogen) atoms. The Morgan fingerprint density at radius 3 is 2.57 bits per heavy atom. The lowest BCUT2D eigenvalue weighted by Gasteiger charge is -2.14. The zero-order chi connectivity index (χ0) is 21.5. The Labute approximate surface area is 174 Å². The van der Waals surface area contributed by atoms with E-state index in [-0.39, 0.29) is 22.9 Å². The van der Waals surface area contributed by atoms with Crippen molar-refractivity contribution in [2.75, 3.05) is 19.0 Å². The zero-order valence-corrected chi connectivity index (χ0v) is 17.1. The van der Waals surface area contributed by atoms with Crippen LogP contribution in [-0.2, 0) is 7.05 Å². The number of carbonyl (C=O) groups excluding carboxylic acids is 1. The summed E-state index contributed by atoms with van der Waals surface area (Å²) in [4.78, 5) is 24.7. The van der Waals surface area contributed by atoms with Gasteiger partial charge in [-0.25, -0.2) is 4.68 Å². The second-order valence-electron chi connectivity index (χ2n) is 6.55. The first kappa shape index (κ1) is 20.9. The number of nitrogens with zero attached hydrogens (tertiary/aromatic N) is 2. The van der Waals surface area contributed by atoms with Crippen molar-refractivity contribution in [3.8, 4) is 17.2 Å². The summed E-state index contributed by atoms with van der Waals surface area (Å²) < 4.78 is 12.3. The van der Waals surface area contributed by atoms with Gasteiger partial charge in [-0.1, -0.05) is 13.0 Å². The highest BCUT2D eigenvalue weighted by Gasteiger charge is 2.14. The molecule has 0 atom stereocenters. The Bertz CT molecular complexity index is 1080. The molecule has 8 nitrogen and oxygen atoms in total. The molecule has 0 fully saturated rings. The maximum absolute atomic E-state index is 12.7. The standard InChI is InChI=1S/C22H24N4O4/c1-4-12-23-21(27)15-8-10-16(11-9-15)25-20-19(14-24-26(2)22(20)28)30-18-7-5-6-17(13-18)29-3/h5-11,13-14,25H,4,12H2,1-3H3,(H,23,27). The van der Waals surface area contributed by atoms with Crippen LogP contribution in [0.5, 0.6) is 17.2 Å². The van der Waals surface area contributed by atoms with Crippen LogP contribution in [0.25, 0.3) is 0 Å². The average molecular weight is 408 g/mol. The summed E-state index contributed by atoms with van der Waals surface area (Å²) in [5.41, 5.74) is 1.07. The van der Waals surface area contributed by atoms with Gasteiger partial charge in [0.2, 0.25) is 0 Å². The summed E-state index contributed by atoms with van der Waals surface area (Å²) in [6, 6.07) is 13.9. The third-order valence-electron chi connectivity index (χ3n) is 4.32.